The van der Waals surface area contributed by atoms with Gasteiger partial charge in [-0.3, -0.25) is 0 Å². The first kappa shape index (κ1) is 12.4. The lowest BCUT2D eigenvalue weighted by molar-refractivity contribution is 0.602. The van der Waals surface area contributed by atoms with Crippen molar-refractivity contribution in [2.45, 2.75) is 6.54 Å². The average molecular weight is 248 g/mol. The summed E-state index contributed by atoms with van der Waals surface area (Å²) in [5.41, 5.74) is 6.89. The molecule has 0 aromatic heterocycles. The van der Waals surface area contributed by atoms with Gasteiger partial charge in [0.2, 0.25) is 0 Å². The van der Waals surface area contributed by atoms with Crippen molar-refractivity contribution in [2.75, 3.05) is 17.7 Å². The summed E-state index contributed by atoms with van der Waals surface area (Å²) in [6, 6.07) is 10.9. The molecule has 0 aliphatic carbocycles. The van der Waals surface area contributed by atoms with Crippen LogP contribution in [0.2, 0.25) is 0 Å². The van der Waals surface area contributed by atoms with Gasteiger partial charge in [0.1, 0.15) is 11.6 Å². The second kappa shape index (κ2) is 5.04. The molecule has 0 heterocycles. The van der Waals surface area contributed by atoms with E-state index in [9.17, 15) is 8.78 Å². The minimum atomic E-state index is -0.377. The molecule has 2 rings (SSSR count). The normalized spacial score (nSPS) is 10.4. The smallest absolute Gasteiger partial charge is 0.146 e. The van der Waals surface area contributed by atoms with Crippen LogP contribution in [-0.2, 0) is 6.54 Å². The molecule has 0 aliphatic heterocycles. The van der Waals surface area contributed by atoms with E-state index in [-0.39, 0.29) is 18.2 Å². The lowest BCUT2D eigenvalue weighted by Crippen LogP contribution is -2.19. The van der Waals surface area contributed by atoms with Crippen LogP contribution in [-0.4, -0.2) is 7.05 Å². The van der Waals surface area contributed by atoms with Crippen molar-refractivity contribution in [2.24, 2.45) is 0 Å². The van der Waals surface area contributed by atoms with E-state index in [1.807, 2.05) is 0 Å². The Morgan fingerprint density at radius 2 is 1.67 bits per heavy atom. The van der Waals surface area contributed by atoms with Crippen LogP contribution < -0.4 is 10.6 Å². The number of nitrogens with two attached hydrogens (primary N) is 1. The van der Waals surface area contributed by atoms with Crippen LogP contribution in [0.3, 0.4) is 0 Å². The Bertz CT molecular complexity index is 535. The highest BCUT2D eigenvalue weighted by atomic mass is 19.1. The second-order valence-electron chi connectivity index (χ2n) is 4.12. The zero-order chi connectivity index (χ0) is 13.1. The Balaban J connectivity index is 2.27. The third-order valence-corrected chi connectivity index (χ3v) is 2.81. The first-order valence-corrected chi connectivity index (χ1v) is 5.58. The van der Waals surface area contributed by atoms with Gasteiger partial charge in [0, 0.05) is 24.8 Å². The predicted molar refractivity (Wildman–Crippen MR) is 69.3 cm³/mol. The Morgan fingerprint density at radius 1 is 1.00 bits per heavy atom. The van der Waals surface area contributed by atoms with E-state index in [1.165, 1.54) is 12.1 Å². The third kappa shape index (κ3) is 2.42. The summed E-state index contributed by atoms with van der Waals surface area (Å²) in [7, 11) is 1.70. The molecular weight excluding hydrogens is 234 g/mol. The molecule has 4 heteroatoms. The van der Waals surface area contributed by atoms with Crippen LogP contribution in [0.5, 0.6) is 0 Å². The molecule has 0 saturated carbocycles. The Kier molecular flexibility index (Phi) is 3.46. The van der Waals surface area contributed by atoms with Gasteiger partial charge in [0.15, 0.2) is 0 Å². The van der Waals surface area contributed by atoms with Crippen molar-refractivity contribution in [3.05, 3.63) is 59.7 Å². The van der Waals surface area contributed by atoms with E-state index >= 15 is 0 Å². The molecule has 0 fully saturated rings. The third-order valence-electron chi connectivity index (χ3n) is 2.81. The number of rotatable bonds is 3. The minimum Gasteiger partial charge on any atom is -0.398 e. The van der Waals surface area contributed by atoms with Crippen LogP contribution in [0.1, 0.15) is 5.56 Å². The zero-order valence-corrected chi connectivity index (χ0v) is 10.0. The number of anilines is 2. The quantitative estimate of drug-likeness (QED) is 0.845. The van der Waals surface area contributed by atoms with Gasteiger partial charge < -0.3 is 10.6 Å². The van der Waals surface area contributed by atoms with Crippen molar-refractivity contribution in [3.63, 3.8) is 0 Å². The molecule has 0 aliphatic rings. The number of hydrogen-bond acceptors (Lipinski definition) is 2. The van der Waals surface area contributed by atoms with Crippen LogP contribution in [0.15, 0.2) is 42.5 Å². The first-order valence-electron chi connectivity index (χ1n) is 5.58. The van der Waals surface area contributed by atoms with Crippen molar-refractivity contribution >= 4 is 11.4 Å². The summed E-state index contributed by atoms with van der Waals surface area (Å²) >= 11 is 0. The molecule has 2 aromatic carbocycles. The van der Waals surface area contributed by atoms with Gasteiger partial charge in [-0.2, -0.15) is 0 Å². The summed E-state index contributed by atoms with van der Waals surface area (Å²) in [4.78, 5) is 1.63. The largest absolute Gasteiger partial charge is 0.398 e. The van der Waals surface area contributed by atoms with Gasteiger partial charge >= 0.3 is 0 Å². The molecule has 0 saturated heterocycles. The zero-order valence-electron chi connectivity index (χ0n) is 10.0. The molecule has 0 amide bonds. The molecule has 2 N–H and O–H groups in total. The number of hydrogen-bond donors (Lipinski definition) is 1. The van der Waals surface area contributed by atoms with Crippen LogP contribution in [0.4, 0.5) is 20.2 Å². The van der Waals surface area contributed by atoms with E-state index in [2.05, 4.69) is 0 Å². The van der Waals surface area contributed by atoms with Gasteiger partial charge in [-0.15, -0.1) is 0 Å². The van der Waals surface area contributed by atoms with E-state index in [1.54, 1.807) is 42.3 Å². The fourth-order valence-electron chi connectivity index (χ4n) is 1.83. The highest BCUT2D eigenvalue weighted by Gasteiger charge is 2.11. The molecule has 18 heavy (non-hydrogen) atoms. The van der Waals surface area contributed by atoms with Crippen LogP contribution in [0, 0.1) is 11.6 Å². The summed E-state index contributed by atoms with van der Waals surface area (Å²) < 4.78 is 27.2. The van der Waals surface area contributed by atoms with Gasteiger partial charge in [0.25, 0.3) is 0 Å². The second-order valence-corrected chi connectivity index (χ2v) is 4.12. The summed E-state index contributed by atoms with van der Waals surface area (Å²) in [5.74, 6) is -0.715. The number of para-hydroxylation sites is 1. The van der Waals surface area contributed by atoms with Crippen LogP contribution >= 0.6 is 0 Å². The maximum atomic E-state index is 13.6. The first-order chi connectivity index (χ1) is 8.59. The van der Waals surface area contributed by atoms with Crippen molar-refractivity contribution in [3.8, 4) is 0 Å². The maximum Gasteiger partial charge on any atom is 0.146 e. The number of halogens is 2. The van der Waals surface area contributed by atoms with Gasteiger partial charge in [0.05, 0.1) is 5.69 Å². The van der Waals surface area contributed by atoms with E-state index in [0.717, 1.165) is 0 Å². The Labute approximate surface area is 105 Å². The molecule has 2 nitrogen and oxygen atoms in total. The minimum absolute atomic E-state index is 0.222. The van der Waals surface area contributed by atoms with E-state index in [0.29, 0.717) is 16.9 Å². The standard InChI is InChI=1S/C14H14F2N2/c1-18(14-8-3-2-5-12(14)16)9-10-11(15)6-4-7-13(10)17/h2-8H,9,17H2,1H3. The molecule has 0 atom stereocenters. The number of nitrogen functional groups attached to an aromatic ring is 1. The summed E-state index contributed by atoms with van der Waals surface area (Å²) in [6.45, 7) is 0.222. The Morgan fingerprint density at radius 3 is 2.33 bits per heavy atom. The van der Waals surface area contributed by atoms with Crippen molar-refractivity contribution < 1.29 is 8.78 Å². The SMILES string of the molecule is CN(Cc1c(N)cccc1F)c1ccccc1F. The van der Waals surface area contributed by atoms with Crippen molar-refractivity contribution in [1.82, 2.24) is 0 Å². The average Bonchev–Trinajstić information content (AvgIpc) is 2.34. The molecule has 0 bridgehead atoms. The molecular formula is C14H14F2N2. The molecule has 2 aromatic rings. The maximum absolute atomic E-state index is 13.6. The lowest BCUT2D eigenvalue weighted by Gasteiger charge is -2.21. The highest BCUT2D eigenvalue weighted by Crippen LogP contribution is 2.23. The lowest BCUT2D eigenvalue weighted by atomic mass is 10.1. The predicted octanol–water partition coefficient (Wildman–Crippen LogP) is 3.18. The van der Waals surface area contributed by atoms with Crippen LogP contribution in [0.25, 0.3) is 0 Å². The van der Waals surface area contributed by atoms with Gasteiger partial charge in [-0.05, 0) is 24.3 Å². The van der Waals surface area contributed by atoms with E-state index < -0.39 is 0 Å². The Hall–Kier alpha value is -2.10. The highest BCUT2D eigenvalue weighted by molar-refractivity contribution is 5.52. The van der Waals surface area contributed by atoms with Crippen molar-refractivity contribution in [1.29, 1.82) is 0 Å². The molecule has 0 spiro atoms. The fourth-order valence-corrected chi connectivity index (χ4v) is 1.83. The molecule has 0 unspecified atom stereocenters. The molecule has 94 valence electrons. The molecule has 0 radical (unpaired) electrons. The van der Waals surface area contributed by atoms with Gasteiger partial charge in [-0.1, -0.05) is 18.2 Å². The fraction of sp³-hybridized carbons (Fsp3) is 0.143. The summed E-state index contributed by atoms with van der Waals surface area (Å²) in [5, 5.41) is 0. The monoisotopic (exact) mass is 248 g/mol. The van der Waals surface area contributed by atoms with E-state index in [4.69, 9.17) is 5.73 Å². The number of nitrogens with zero attached hydrogens (tertiary/aromatic N) is 1. The summed E-state index contributed by atoms with van der Waals surface area (Å²) in [6.07, 6.45) is 0. The number of benzene rings is 2. The topological polar surface area (TPSA) is 29.3 Å². The van der Waals surface area contributed by atoms with Gasteiger partial charge in [-0.25, -0.2) is 8.78 Å².